The lowest BCUT2D eigenvalue weighted by molar-refractivity contribution is -0.220. The van der Waals surface area contributed by atoms with E-state index in [2.05, 4.69) is 52.2 Å². The molecule has 12 nitrogen and oxygen atoms in total. The Morgan fingerprint density at radius 2 is 0.984 bits per heavy atom. The van der Waals surface area contributed by atoms with E-state index < -0.39 is 24.7 Å². The second-order valence-corrected chi connectivity index (χ2v) is 20.1. The first kappa shape index (κ1) is 48.4. The van der Waals surface area contributed by atoms with Crippen molar-refractivity contribution >= 4 is 23.5 Å². The smallest absolute Gasteiger partial charge is 0.323 e. The number of nitrogens with one attached hydrogen (secondary N) is 2. The summed E-state index contributed by atoms with van der Waals surface area (Å²) in [6.45, 7) is 18.2. The molecule has 12 heteroatoms. The van der Waals surface area contributed by atoms with Crippen LogP contribution in [0.2, 0.25) is 0 Å². The summed E-state index contributed by atoms with van der Waals surface area (Å²) in [4.78, 5) is 52.7. The molecule has 4 aliphatic heterocycles. The fraction of sp³-hybridized carbons (Fsp3) is 0.692. The average molecular weight is 887 g/mol. The van der Waals surface area contributed by atoms with Crippen molar-refractivity contribution in [2.45, 2.75) is 143 Å². The van der Waals surface area contributed by atoms with Crippen molar-refractivity contribution in [2.75, 3.05) is 26.4 Å². The molecule has 6 aliphatic rings. The molecule has 0 spiro atoms. The molecular weight excluding hydrogens is 813 g/mol. The lowest BCUT2D eigenvalue weighted by Crippen LogP contribution is -2.50. The minimum atomic E-state index is -0.873. The molecule has 16 atom stereocenters. The van der Waals surface area contributed by atoms with Crippen LogP contribution in [0.3, 0.4) is 0 Å². The van der Waals surface area contributed by atoms with Gasteiger partial charge in [-0.1, -0.05) is 115 Å². The average Bonchev–Trinajstić information content (AvgIpc) is 3.87. The Bertz CT molecular complexity index is 1730. The van der Waals surface area contributed by atoms with Crippen LogP contribution >= 0.6 is 0 Å². The summed E-state index contributed by atoms with van der Waals surface area (Å²) in [6, 6.07) is 18.1. The predicted octanol–water partition coefficient (Wildman–Crippen LogP) is 7.80. The van der Waals surface area contributed by atoms with Crippen molar-refractivity contribution in [1.82, 2.24) is 10.6 Å². The van der Waals surface area contributed by atoms with E-state index >= 15 is 0 Å². The van der Waals surface area contributed by atoms with Crippen molar-refractivity contribution in [1.29, 1.82) is 0 Å². The molecule has 2 aliphatic carbocycles. The van der Waals surface area contributed by atoms with Crippen LogP contribution in [0.15, 0.2) is 60.7 Å². The first-order valence-electron chi connectivity index (χ1n) is 24.4. The summed E-state index contributed by atoms with van der Waals surface area (Å²) in [6.07, 6.45) is 4.85. The normalized spacial score (nSPS) is 37.3. The summed E-state index contributed by atoms with van der Waals surface area (Å²) in [7, 11) is 0. The van der Waals surface area contributed by atoms with Crippen LogP contribution in [0.25, 0.3) is 0 Å². The van der Waals surface area contributed by atoms with Gasteiger partial charge in [-0.3, -0.25) is 29.8 Å². The maximum atomic E-state index is 13.7. The number of carbonyl (C=O) groups excluding carboxylic acids is 4. The van der Waals surface area contributed by atoms with Gasteiger partial charge >= 0.3 is 11.9 Å². The Hall–Kier alpha value is -3.52. The fourth-order valence-electron chi connectivity index (χ4n) is 11.7. The van der Waals surface area contributed by atoms with E-state index in [-0.39, 0.29) is 71.5 Å². The highest BCUT2D eigenvalue weighted by molar-refractivity contribution is 5.90. The predicted molar refractivity (Wildman–Crippen MR) is 241 cm³/mol. The monoisotopic (exact) mass is 887 g/mol. The zero-order chi connectivity index (χ0) is 45.7. The van der Waals surface area contributed by atoms with E-state index in [1.165, 1.54) is 12.8 Å². The standard InChI is InChI=1S/2C26H37NO5/c2*1-5-30-25(29)23-19-14-31-26(32-20-13-16(4)11-12-18(20)15(2)3)24(28)21(19)22(27-23)17-9-7-6-8-10-17/h2*6-10,15-16,18-23,26-27H,5,11-14H2,1-4H3/t2*16-,18+,19+,20-,21-,22-,23-,26-/m11/s1. The van der Waals surface area contributed by atoms with Gasteiger partial charge in [-0.25, -0.2) is 0 Å². The van der Waals surface area contributed by atoms with E-state index in [1.54, 1.807) is 13.8 Å². The molecule has 0 aromatic heterocycles. The molecule has 0 amide bonds. The molecule has 2 N–H and O–H groups in total. The lowest BCUT2D eigenvalue weighted by Gasteiger charge is -2.41. The van der Waals surface area contributed by atoms with Gasteiger partial charge in [-0.2, -0.15) is 0 Å². The number of fused-ring (bicyclic) bond motifs is 2. The van der Waals surface area contributed by atoms with Crippen LogP contribution < -0.4 is 10.6 Å². The van der Waals surface area contributed by atoms with Gasteiger partial charge in [-0.15, -0.1) is 0 Å². The minimum Gasteiger partial charge on any atom is -0.465 e. The van der Waals surface area contributed by atoms with Gasteiger partial charge in [0.25, 0.3) is 0 Å². The SMILES string of the molecule is CCOC(=O)[C@@H]1N[C@H](c2ccccc2)[C@@H]2C(=O)[C@@H](O[C@@H]3C[C@H](C)CC[C@H]3C(C)C)OC[C@@H]21.CCOC(=O)[C@@H]1N[C@H](c2ccccc2)[C@@H]2C(=O)[C@@H](O[C@@H]3C[C@H](C)CC[C@H]3C(C)C)OC[C@@H]21. The molecule has 2 aromatic carbocycles. The van der Waals surface area contributed by atoms with Crippen LogP contribution in [0.4, 0.5) is 0 Å². The van der Waals surface area contributed by atoms with E-state index in [0.29, 0.717) is 61.9 Å². The highest BCUT2D eigenvalue weighted by atomic mass is 16.7. The Morgan fingerprint density at radius 3 is 1.33 bits per heavy atom. The van der Waals surface area contributed by atoms with Crippen molar-refractivity contribution in [3.63, 3.8) is 0 Å². The van der Waals surface area contributed by atoms with Crippen LogP contribution in [-0.4, -0.2) is 86.8 Å². The highest BCUT2D eigenvalue weighted by Crippen LogP contribution is 2.46. The van der Waals surface area contributed by atoms with Gasteiger partial charge in [0.2, 0.25) is 12.6 Å². The maximum absolute atomic E-state index is 13.7. The van der Waals surface area contributed by atoms with Gasteiger partial charge in [0.15, 0.2) is 11.6 Å². The van der Waals surface area contributed by atoms with E-state index in [9.17, 15) is 19.2 Å². The van der Waals surface area contributed by atoms with Crippen LogP contribution in [-0.2, 0) is 47.6 Å². The molecule has 8 rings (SSSR count). The number of Topliss-reactive ketones (excluding diaryl/α,β-unsaturated/α-hetero) is 2. The quantitative estimate of drug-likeness (QED) is 0.201. The van der Waals surface area contributed by atoms with Gasteiger partial charge in [0, 0.05) is 35.8 Å². The molecule has 2 aromatic rings. The third-order valence-corrected chi connectivity index (χ3v) is 15.1. The third kappa shape index (κ3) is 10.7. The topological polar surface area (TPSA) is 148 Å². The first-order chi connectivity index (χ1) is 30.8. The summed E-state index contributed by atoms with van der Waals surface area (Å²) in [5, 5.41) is 6.78. The summed E-state index contributed by atoms with van der Waals surface area (Å²) >= 11 is 0. The van der Waals surface area contributed by atoms with Gasteiger partial charge < -0.3 is 28.4 Å². The molecule has 6 fully saturated rings. The third-order valence-electron chi connectivity index (χ3n) is 15.1. The van der Waals surface area contributed by atoms with Crippen LogP contribution in [0, 0.1) is 59.2 Å². The first-order valence-corrected chi connectivity index (χ1v) is 24.4. The van der Waals surface area contributed by atoms with E-state index in [4.69, 9.17) is 28.4 Å². The van der Waals surface area contributed by atoms with Gasteiger partial charge in [0.05, 0.1) is 38.6 Å². The van der Waals surface area contributed by atoms with Crippen molar-refractivity contribution in [2.24, 2.45) is 59.2 Å². The maximum Gasteiger partial charge on any atom is 0.323 e. The number of carbonyl (C=O) groups is 4. The second-order valence-electron chi connectivity index (χ2n) is 20.1. The molecule has 0 bridgehead atoms. The Morgan fingerprint density at radius 1 is 0.609 bits per heavy atom. The summed E-state index contributed by atoms with van der Waals surface area (Å²) in [5.41, 5.74) is 1.99. The number of benzene rings is 2. The number of hydrogen-bond acceptors (Lipinski definition) is 12. The molecule has 64 heavy (non-hydrogen) atoms. The van der Waals surface area contributed by atoms with Crippen molar-refractivity contribution in [3.8, 4) is 0 Å². The number of rotatable bonds is 12. The van der Waals surface area contributed by atoms with Crippen molar-refractivity contribution in [3.05, 3.63) is 71.8 Å². The zero-order valence-electron chi connectivity index (χ0n) is 39.3. The lowest BCUT2D eigenvalue weighted by atomic mass is 9.75. The van der Waals surface area contributed by atoms with Crippen LogP contribution in [0.1, 0.15) is 117 Å². The zero-order valence-corrected chi connectivity index (χ0v) is 39.3. The number of ketones is 2. The molecule has 4 heterocycles. The van der Waals surface area contributed by atoms with Gasteiger partial charge in [0.1, 0.15) is 12.1 Å². The number of ether oxygens (including phenoxy) is 6. The largest absolute Gasteiger partial charge is 0.465 e. The fourth-order valence-corrected chi connectivity index (χ4v) is 11.7. The Kier molecular flexibility index (Phi) is 16.5. The summed E-state index contributed by atoms with van der Waals surface area (Å²) < 4.78 is 35.4. The highest BCUT2D eigenvalue weighted by Gasteiger charge is 2.57. The summed E-state index contributed by atoms with van der Waals surface area (Å²) in [5.74, 6) is 0.956. The number of esters is 2. The molecule has 0 unspecified atom stereocenters. The molecule has 2 saturated carbocycles. The van der Waals surface area contributed by atoms with E-state index in [1.807, 2.05) is 60.7 Å². The second kappa shape index (κ2) is 21.9. The molecular formula is C52H74N2O10. The van der Waals surface area contributed by atoms with Crippen LogP contribution in [0.5, 0.6) is 0 Å². The molecule has 352 valence electrons. The minimum absolute atomic E-state index is 0.0228. The Labute approximate surface area is 380 Å². The van der Waals surface area contributed by atoms with Gasteiger partial charge in [-0.05, 0) is 86.2 Å². The van der Waals surface area contributed by atoms with E-state index in [0.717, 1.165) is 36.8 Å². The molecule has 4 saturated heterocycles. The molecule has 0 radical (unpaired) electrons. The number of hydrogen-bond donors (Lipinski definition) is 2. The van der Waals surface area contributed by atoms with Crippen molar-refractivity contribution < 1.29 is 47.6 Å². The Balaban J connectivity index is 0.000000191.